The van der Waals surface area contributed by atoms with E-state index in [2.05, 4.69) is 39.0 Å². The highest BCUT2D eigenvalue weighted by Gasteiger charge is 2.16. The standard InChI is InChI=1S/C24H22N6OS/c1-16(17-8-10-19(11-9-17)30-15-25-14-26-30)29(2)12-21-27-23(31)22-20(13-32-24(22)28-21)18-6-4-3-5-7-18/h3-11,13-16H,12H2,1-2H3,(H,27,28,31)/t16-/m1/s1. The Morgan fingerprint density at radius 3 is 2.62 bits per heavy atom. The summed E-state index contributed by atoms with van der Waals surface area (Å²) in [4.78, 5) is 27.6. The molecule has 0 unspecified atom stereocenters. The molecule has 0 saturated heterocycles. The van der Waals surface area contributed by atoms with Crippen molar-refractivity contribution in [2.75, 3.05) is 7.05 Å². The zero-order chi connectivity index (χ0) is 22.1. The van der Waals surface area contributed by atoms with Gasteiger partial charge in [-0.2, -0.15) is 5.10 Å². The average Bonchev–Trinajstić information content (AvgIpc) is 3.50. The van der Waals surface area contributed by atoms with Gasteiger partial charge in [0.05, 0.1) is 17.6 Å². The Balaban J connectivity index is 1.36. The number of hydrogen-bond acceptors (Lipinski definition) is 6. The number of fused-ring (bicyclic) bond motifs is 1. The second-order valence-corrected chi connectivity index (χ2v) is 8.59. The molecule has 3 aromatic heterocycles. The van der Waals surface area contributed by atoms with Crippen molar-refractivity contribution in [2.24, 2.45) is 0 Å². The second kappa shape index (κ2) is 8.49. The molecule has 0 fully saturated rings. The summed E-state index contributed by atoms with van der Waals surface area (Å²) in [6.07, 6.45) is 3.20. The number of benzene rings is 2. The molecule has 1 N–H and O–H groups in total. The minimum Gasteiger partial charge on any atom is -0.309 e. The van der Waals surface area contributed by atoms with Gasteiger partial charge in [-0.25, -0.2) is 14.6 Å². The molecular weight excluding hydrogens is 420 g/mol. The van der Waals surface area contributed by atoms with Gasteiger partial charge in [0, 0.05) is 17.0 Å². The predicted octanol–water partition coefficient (Wildman–Crippen LogP) is 4.43. The van der Waals surface area contributed by atoms with Crippen LogP contribution in [0.5, 0.6) is 0 Å². The highest BCUT2D eigenvalue weighted by atomic mass is 32.1. The number of aromatic nitrogens is 5. The quantitative estimate of drug-likeness (QED) is 0.421. The van der Waals surface area contributed by atoms with E-state index < -0.39 is 0 Å². The van der Waals surface area contributed by atoms with Crippen LogP contribution in [0.2, 0.25) is 0 Å². The molecule has 0 aliphatic rings. The van der Waals surface area contributed by atoms with Crippen LogP contribution in [0.1, 0.15) is 24.4 Å². The molecular formula is C24H22N6OS. The summed E-state index contributed by atoms with van der Waals surface area (Å²) in [7, 11) is 2.03. The maximum atomic E-state index is 12.9. The summed E-state index contributed by atoms with van der Waals surface area (Å²) in [5.74, 6) is 0.664. The Bertz CT molecular complexity index is 1390. The lowest BCUT2D eigenvalue weighted by molar-refractivity contribution is 0.247. The SMILES string of the molecule is C[C@H](c1ccc(-n2cncn2)cc1)N(C)Cc1nc2scc(-c3ccccc3)c2c(=O)[nH]1. The van der Waals surface area contributed by atoms with Crippen molar-refractivity contribution in [1.29, 1.82) is 0 Å². The first-order valence-electron chi connectivity index (χ1n) is 10.3. The van der Waals surface area contributed by atoms with E-state index in [1.165, 1.54) is 23.2 Å². The summed E-state index contributed by atoms with van der Waals surface area (Å²) in [5, 5.41) is 6.83. The lowest BCUT2D eigenvalue weighted by Gasteiger charge is -2.24. The van der Waals surface area contributed by atoms with Crippen LogP contribution >= 0.6 is 11.3 Å². The van der Waals surface area contributed by atoms with Crippen molar-refractivity contribution >= 4 is 21.6 Å². The molecule has 2 aromatic carbocycles. The van der Waals surface area contributed by atoms with E-state index in [9.17, 15) is 4.79 Å². The van der Waals surface area contributed by atoms with Gasteiger partial charge in [-0.05, 0) is 37.2 Å². The Morgan fingerprint density at radius 1 is 1.12 bits per heavy atom. The molecule has 8 heteroatoms. The molecule has 0 saturated carbocycles. The van der Waals surface area contributed by atoms with Crippen molar-refractivity contribution < 1.29 is 0 Å². The van der Waals surface area contributed by atoms with E-state index in [0.29, 0.717) is 17.8 Å². The van der Waals surface area contributed by atoms with Gasteiger partial charge in [-0.1, -0.05) is 42.5 Å². The maximum absolute atomic E-state index is 12.9. The highest BCUT2D eigenvalue weighted by molar-refractivity contribution is 7.17. The maximum Gasteiger partial charge on any atom is 0.260 e. The van der Waals surface area contributed by atoms with Crippen LogP contribution < -0.4 is 5.56 Å². The normalized spacial score (nSPS) is 12.5. The summed E-state index contributed by atoms with van der Waals surface area (Å²) >= 11 is 1.51. The van der Waals surface area contributed by atoms with Crippen molar-refractivity contribution in [3.05, 3.63) is 94.4 Å². The number of H-pyrrole nitrogens is 1. The van der Waals surface area contributed by atoms with Crippen LogP contribution in [0.4, 0.5) is 0 Å². The van der Waals surface area contributed by atoms with Crippen molar-refractivity contribution in [3.8, 4) is 16.8 Å². The number of rotatable bonds is 6. The van der Waals surface area contributed by atoms with Crippen molar-refractivity contribution in [2.45, 2.75) is 19.5 Å². The van der Waals surface area contributed by atoms with Crippen molar-refractivity contribution in [1.82, 2.24) is 29.6 Å². The monoisotopic (exact) mass is 442 g/mol. The highest BCUT2D eigenvalue weighted by Crippen LogP contribution is 2.30. The Labute approximate surface area is 189 Å². The lowest BCUT2D eigenvalue weighted by atomic mass is 10.1. The van der Waals surface area contributed by atoms with Gasteiger partial charge in [-0.3, -0.25) is 9.69 Å². The van der Waals surface area contributed by atoms with Gasteiger partial charge in [0.25, 0.3) is 5.56 Å². The van der Waals surface area contributed by atoms with E-state index in [4.69, 9.17) is 4.98 Å². The average molecular weight is 443 g/mol. The fourth-order valence-electron chi connectivity index (χ4n) is 3.77. The molecule has 7 nitrogen and oxygen atoms in total. The van der Waals surface area contributed by atoms with Crippen molar-refractivity contribution in [3.63, 3.8) is 0 Å². The minimum absolute atomic E-state index is 0.0941. The Morgan fingerprint density at radius 2 is 1.91 bits per heavy atom. The van der Waals surface area contributed by atoms with Gasteiger partial charge in [-0.15, -0.1) is 11.3 Å². The van der Waals surface area contributed by atoms with Gasteiger partial charge < -0.3 is 4.98 Å². The summed E-state index contributed by atoms with van der Waals surface area (Å²) < 4.78 is 1.73. The second-order valence-electron chi connectivity index (χ2n) is 7.73. The molecule has 32 heavy (non-hydrogen) atoms. The molecule has 1 atom stereocenters. The van der Waals surface area contributed by atoms with E-state index >= 15 is 0 Å². The number of nitrogens with zero attached hydrogens (tertiary/aromatic N) is 5. The van der Waals surface area contributed by atoms with Crippen LogP contribution in [-0.4, -0.2) is 36.7 Å². The molecule has 3 heterocycles. The van der Waals surface area contributed by atoms with E-state index in [1.807, 2.05) is 54.9 Å². The van der Waals surface area contributed by atoms with Crippen LogP contribution in [0.25, 0.3) is 27.0 Å². The number of thiophene rings is 1. The molecule has 0 aliphatic heterocycles. The molecule has 5 rings (SSSR count). The zero-order valence-electron chi connectivity index (χ0n) is 17.8. The van der Waals surface area contributed by atoms with Gasteiger partial charge in [0.1, 0.15) is 23.3 Å². The topological polar surface area (TPSA) is 79.7 Å². The lowest BCUT2D eigenvalue weighted by Crippen LogP contribution is -2.25. The Kier molecular flexibility index (Phi) is 5.38. The molecule has 160 valence electrons. The van der Waals surface area contributed by atoms with Gasteiger partial charge in [0.2, 0.25) is 0 Å². The van der Waals surface area contributed by atoms with Gasteiger partial charge >= 0.3 is 0 Å². The van der Waals surface area contributed by atoms with E-state index in [1.54, 1.807) is 11.0 Å². The Hall–Kier alpha value is -3.62. The molecule has 5 aromatic rings. The van der Waals surface area contributed by atoms with E-state index in [0.717, 1.165) is 21.6 Å². The molecule has 0 amide bonds. The predicted molar refractivity (Wildman–Crippen MR) is 127 cm³/mol. The number of hydrogen-bond donors (Lipinski definition) is 1. The molecule has 0 bridgehead atoms. The third-order valence-electron chi connectivity index (χ3n) is 5.70. The molecule has 0 aliphatic carbocycles. The fourth-order valence-corrected chi connectivity index (χ4v) is 4.74. The van der Waals surface area contributed by atoms with Crippen LogP contribution in [0, 0.1) is 0 Å². The number of aromatic amines is 1. The summed E-state index contributed by atoms with van der Waals surface area (Å²) in [6, 6.07) is 18.3. The molecule has 0 spiro atoms. The van der Waals surface area contributed by atoms with Gasteiger partial charge in [0.15, 0.2) is 0 Å². The first-order chi connectivity index (χ1) is 15.6. The third-order valence-corrected chi connectivity index (χ3v) is 6.57. The smallest absolute Gasteiger partial charge is 0.260 e. The fraction of sp³-hybridized carbons (Fsp3) is 0.167. The van der Waals surface area contributed by atoms with Crippen LogP contribution in [0.3, 0.4) is 0 Å². The first-order valence-corrected chi connectivity index (χ1v) is 11.2. The van der Waals surface area contributed by atoms with E-state index in [-0.39, 0.29) is 11.6 Å². The number of nitrogens with one attached hydrogen (secondary N) is 1. The third kappa shape index (κ3) is 3.86. The molecule has 0 radical (unpaired) electrons. The minimum atomic E-state index is -0.0941. The summed E-state index contributed by atoms with van der Waals surface area (Å²) in [5.41, 5.74) is 3.99. The summed E-state index contributed by atoms with van der Waals surface area (Å²) in [6.45, 7) is 2.68. The van der Waals surface area contributed by atoms with Crippen LogP contribution in [0.15, 0.2) is 77.4 Å². The van der Waals surface area contributed by atoms with Crippen LogP contribution in [-0.2, 0) is 6.54 Å². The zero-order valence-corrected chi connectivity index (χ0v) is 18.6. The largest absolute Gasteiger partial charge is 0.309 e. The first kappa shape index (κ1) is 20.3.